The lowest BCUT2D eigenvalue weighted by molar-refractivity contribution is 1.14. The van der Waals surface area contributed by atoms with E-state index < -0.39 is 16.1 Å². The summed E-state index contributed by atoms with van der Waals surface area (Å²) in [5.74, 6) is 0. The van der Waals surface area contributed by atoms with Crippen LogP contribution in [0.4, 0.5) is 17.1 Å². The van der Waals surface area contributed by atoms with Crippen molar-refractivity contribution in [2.75, 3.05) is 4.90 Å². The topological polar surface area (TPSA) is 34.0 Å². The molecule has 1 aliphatic heterocycles. The van der Waals surface area contributed by atoms with Crippen LogP contribution in [-0.2, 0) is 0 Å². The van der Waals surface area contributed by atoms with E-state index in [0.29, 0.717) is 0 Å². The van der Waals surface area contributed by atoms with Crippen molar-refractivity contribution < 1.29 is 0 Å². The SMILES string of the molecule is c1ccc(N2c3ccccc3[Si](c3ccccc3)(c3ccccc3)c3cc4c5cccnc5n(-c5cccc([Si](c6ccccc6)(c6ccccc6)c6cccc(-c7ccccn7)c6)c5)c4cc32)cc1. The summed E-state index contributed by atoms with van der Waals surface area (Å²) in [6.45, 7) is 0. The first-order valence-corrected chi connectivity index (χ1v) is 28.0. The Hall–Kier alpha value is -8.69. The van der Waals surface area contributed by atoms with Gasteiger partial charge in [-0.05, 0) is 108 Å². The molecule has 0 amide bonds. The van der Waals surface area contributed by atoms with Gasteiger partial charge in [-0.1, -0.05) is 200 Å². The van der Waals surface area contributed by atoms with E-state index in [9.17, 15) is 0 Å². The second-order valence-electron chi connectivity index (χ2n) is 18.1. The van der Waals surface area contributed by atoms with Gasteiger partial charge in [0.05, 0.1) is 11.2 Å². The maximum Gasteiger partial charge on any atom is 0.184 e. The molecule has 1 aliphatic rings. The molecule has 0 spiro atoms. The molecule has 6 heteroatoms. The van der Waals surface area contributed by atoms with Crippen LogP contribution in [0.25, 0.3) is 38.9 Å². The highest BCUT2D eigenvalue weighted by atomic mass is 28.3. The third kappa shape index (κ3) is 6.42. The van der Waals surface area contributed by atoms with E-state index in [1.807, 2.05) is 18.5 Å². The average molecular weight is 927 g/mol. The van der Waals surface area contributed by atoms with Crippen LogP contribution in [0.15, 0.2) is 279 Å². The van der Waals surface area contributed by atoms with Crippen LogP contribution in [-0.4, -0.2) is 30.7 Å². The summed E-state index contributed by atoms with van der Waals surface area (Å²) in [6, 6.07) is 99.0. The molecule has 0 aliphatic carbocycles. The highest BCUT2D eigenvalue weighted by Gasteiger charge is 2.49. The van der Waals surface area contributed by atoms with Gasteiger partial charge in [0.1, 0.15) is 5.65 Å². The van der Waals surface area contributed by atoms with Crippen molar-refractivity contribution in [2.24, 2.45) is 0 Å². The second-order valence-corrected chi connectivity index (χ2v) is 25.6. The minimum absolute atomic E-state index is 0.927. The molecule has 9 aromatic carbocycles. The summed E-state index contributed by atoms with van der Waals surface area (Å²) in [6.07, 6.45) is 3.82. The van der Waals surface area contributed by atoms with Crippen molar-refractivity contribution in [3.8, 4) is 16.9 Å². The number of benzene rings is 9. The van der Waals surface area contributed by atoms with Gasteiger partial charge in [-0.2, -0.15) is 0 Å². The van der Waals surface area contributed by atoms with Crippen LogP contribution < -0.4 is 46.4 Å². The molecule has 12 aromatic rings. The lowest BCUT2D eigenvalue weighted by Crippen LogP contribution is -2.77. The Morgan fingerprint density at radius 3 is 1.59 bits per heavy atom. The smallest absolute Gasteiger partial charge is 0.184 e. The first-order valence-electron chi connectivity index (χ1n) is 24.0. The molecule has 3 aromatic heterocycles. The van der Waals surface area contributed by atoms with E-state index in [1.54, 1.807) is 0 Å². The largest absolute Gasteiger partial charge is 0.311 e. The van der Waals surface area contributed by atoms with E-state index in [2.05, 4.69) is 270 Å². The maximum absolute atomic E-state index is 5.27. The highest BCUT2D eigenvalue weighted by Crippen LogP contribution is 2.42. The van der Waals surface area contributed by atoms with Crippen LogP contribution in [0.1, 0.15) is 0 Å². The van der Waals surface area contributed by atoms with Crippen LogP contribution in [0.5, 0.6) is 0 Å². The number of aromatic nitrogens is 3. The lowest BCUT2D eigenvalue weighted by atomic mass is 10.1. The van der Waals surface area contributed by atoms with Gasteiger partial charge in [-0.15, -0.1) is 0 Å². The average Bonchev–Trinajstić information content (AvgIpc) is 3.77. The third-order valence-corrected chi connectivity index (χ3v) is 24.1. The summed E-state index contributed by atoms with van der Waals surface area (Å²) in [7, 11) is -5.99. The minimum Gasteiger partial charge on any atom is -0.311 e. The Morgan fingerprint density at radius 2 is 0.914 bits per heavy atom. The number of nitrogens with zero attached hydrogens (tertiary/aromatic N) is 4. The Labute approximate surface area is 410 Å². The molecule has 0 fully saturated rings. The van der Waals surface area contributed by atoms with Crippen molar-refractivity contribution in [3.05, 3.63) is 279 Å². The summed E-state index contributed by atoms with van der Waals surface area (Å²) < 4.78 is 2.42. The number of hydrogen-bond donors (Lipinski definition) is 0. The predicted molar refractivity (Wildman–Crippen MR) is 297 cm³/mol. The van der Waals surface area contributed by atoms with Gasteiger partial charge in [0.25, 0.3) is 0 Å². The molecule has 0 saturated heterocycles. The Balaban J connectivity index is 1.13. The Kier molecular flexibility index (Phi) is 10.2. The fourth-order valence-electron chi connectivity index (χ4n) is 11.6. The van der Waals surface area contributed by atoms with Crippen molar-refractivity contribution in [3.63, 3.8) is 0 Å². The van der Waals surface area contributed by atoms with Gasteiger partial charge in [-0.3, -0.25) is 9.55 Å². The van der Waals surface area contributed by atoms with Crippen LogP contribution in [0.2, 0.25) is 0 Å². The van der Waals surface area contributed by atoms with Gasteiger partial charge in [0, 0.05) is 51.5 Å². The number of rotatable bonds is 9. The van der Waals surface area contributed by atoms with E-state index in [-0.39, 0.29) is 0 Å². The van der Waals surface area contributed by atoms with E-state index in [4.69, 9.17) is 9.97 Å². The van der Waals surface area contributed by atoms with Gasteiger partial charge < -0.3 is 4.90 Å². The van der Waals surface area contributed by atoms with Gasteiger partial charge in [-0.25, -0.2) is 4.98 Å². The van der Waals surface area contributed by atoms with Crippen molar-refractivity contribution in [2.45, 2.75) is 0 Å². The number of fused-ring (bicyclic) bond motifs is 5. The quantitative estimate of drug-likeness (QED) is 0.107. The zero-order chi connectivity index (χ0) is 46.5. The molecule has 4 nitrogen and oxygen atoms in total. The number of hydrogen-bond acceptors (Lipinski definition) is 3. The monoisotopic (exact) mass is 926 g/mol. The van der Waals surface area contributed by atoms with E-state index >= 15 is 0 Å². The second kappa shape index (κ2) is 17.1. The maximum atomic E-state index is 5.27. The number of anilines is 3. The normalized spacial score (nSPS) is 12.9. The fraction of sp³-hybridized carbons (Fsp3) is 0. The Bertz CT molecular complexity index is 3750. The zero-order valence-electron chi connectivity index (χ0n) is 38.3. The number of para-hydroxylation sites is 2. The molecule has 0 bridgehead atoms. The van der Waals surface area contributed by atoms with Crippen molar-refractivity contribution >= 4 is 96.6 Å². The summed E-state index contributed by atoms with van der Waals surface area (Å²) in [4.78, 5) is 12.6. The molecule has 330 valence electrons. The molecule has 70 heavy (non-hydrogen) atoms. The molecular formula is C64H46N4Si2. The zero-order valence-corrected chi connectivity index (χ0v) is 40.3. The first kappa shape index (κ1) is 41.5. The predicted octanol–water partition coefficient (Wildman–Crippen LogP) is 9.78. The van der Waals surface area contributed by atoms with Crippen molar-refractivity contribution in [1.82, 2.24) is 14.5 Å². The minimum atomic E-state index is -3.02. The molecule has 13 rings (SSSR count). The molecule has 0 radical (unpaired) electrons. The lowest BCUT2D eigenvalue weighted by Gasteiger charge is -2.45. The molecule has 0 atom stereocenters. The van der Waals surface area contributed by atoms with Crippen LogP contribution in [0, 0.1) is 0 Å². The van der Waals surface area contributed by atoms with Crippen molar-refractivity contribution in [1.29, 1.82) is 0 Å². The molecule has 4 heterocycles. The van der Waals surface area contributed by atoms with Crippen LogP contribution >= 0.6 is 0 Å². The standard InChI is InChI=1S/C64H46N4Si2/c1-6-24-48(25-7-1)67-59-39-16-17-40-62(59)70(52-31-12-4-13-32-52,53-33-14-5-15-34-53)63-45-57-56-37-22-42-66-64(56)68(60(57)46-61(63)67)49-26-21-36-55(44-49)69(50-27-8-2-9-28-50,51-29-10-3-11-30-51)54-35-20-23-47(43-54)58-38-18-19-41-65-58/h1-46H. The van der Waals surface area contributed by atoms with E-state index in [1.165, 1.54) is 58.3 Å². The number of pyridine rings is 2. The fourth-order valence-corrected chi connectivity index (χ4v) is 21.5. The van der Waals surface area contributed by atoms with Gasteiger partial charge in [0.2, 0.25) is 0 Å². The summed E-state index contributed by atoms with van der Waals surface area (Å²) in [5.41, 5.74) is 8.67. The third-order valence-electron chi connectivity index (χ3n) is 14.5. The van der Waals surface area contributed by atoms with Gasteiger partial charge in [0.15, 0.2) is 16.1 Å². The van der Waals surface area contributed by atoms with Gasteiger partial charge >= 0.3 is 0 Å². The molecule has 0 N–H and O–H groups in total. The summed E-state index contributed by atoms with van der Waals surface area (Å²) >= 11 is 0. The molecular weight excluding hydrogens is 881 g/mol. The highest BCUT2D eigenvalue weighted by molar-refractivity contribution is 7.21. The van der Waals surface area contributed by atoms with E-state index in [0.717, 1.165) is 39.2 Å². The summed E-state index contributed by atoms with van der Waals surface area (Å²) in [5, 5.41) is 12.9. The first-order chi connectivity index (χ1) is 34.7. The molecule has 0 saturated carbocycles. The molecule has 0 unspecified atom stereocenters. The van der Waals surface area contributed by atoms with Crippen LogP contribution in [0.3, 0.4) is 0 Å². The Morgan fingerprint density at radius 1 is 0.357 bits per heavy atom.